The topological polar surface area (TPSA) is 56.7 Å². The number of benzene rings is 1. The van der Waals surface area contributed by atoms with E-state index in [1.54, 1.807) is 24.4 Å². The number of phenols is 1. The summed E-state index contributed by atoms with van der Waals surface area (Å²) in [7, 11) is 0. The molecule has 0 aromatic heterocycles. The summed E-state index contributed by atoms with van der Waals surface area (Å²) in [6.45, 7) is 3.14. The van der Waals surface area contributed by atoms with Crippen molar-refractivity contribution in [3.05, 3.63) is 29.8 Å². The van der Waals surface area contributed by atoms with Crippen LogP contribution in [0.2, 0.25) is 0 Å². The van der Waals surface area contributed by atoms with E-state index in [-0.39, 0.29) is 5.75 Å². The number of thiocarbonyl (C=S) groups is 1. The van der Waals surface area contributed by atoms with Gasteiger partial charge in [0, 0.05) is 6.54 Å². The minimum Gasteiger partial charge on any atom is -0.508 e. The highest BCUT2D eigenvalue weighted by molar-refractivity contribution is 7.80. The van der Waals surface area contributed by atoms with Crippen LogP contribution in [0.3, 0.4) is 0 Å². The molecule has 1 aromatic rings. The largest absolute Gasteiger partial charge is 0.508 e. The number of unbranched alkanes of at least 4 members (excludes halogenated alkanes) is 9. The van der Waals surface area contributed by atoms with E-state index in [2.05, 4.69) is 22.8 Å². The van der Waals surface area contributed by atoms with Crippen LogP contribution in [-0.4, -0.2) is 23.0 Å². The maximum atomic E-state index is 9.37. The van der Waals surface area contributed by atoms with Gasteiger partial charge in [-0.05, 0) is 36.3 Å². The number of phenolic OH excluding ortho intramolecular Hbond substituents is 1. The zero-order valence-electron chi connectivity index (χ0n) is 15.5. The van der Waals surface area contributed by atoms with Gasteiger partial charge < -0.3 is 10.4 Å². The van der Waals surface area contributed by atoms with Gasteiger partial charge in [-0.25, -0.2) is 0 Å². The van der Waals surface area contributed by atoms with Gasteiger partial charge in [0.25, 0.3) is 0 Å². The molecule has 0 spiro atoms. The summed E-state index contributed by atoms with van der Waals surface area (Å²) in [4.78, 5) is 0. The molecule has 0 radical (unpaired) electrons. The minimum atomic E-state index is 0.227. The van der Waals surface area contributed by atoms with Crippen LogP contribution < -0.4 is 10.7 Å². The lowest BCUT2D eigenvalue weighted by atomic mass is 10.1. The molecule has 0 aliphatic heterocycles. The third kappa shape index (κ3) is 12.4. The lowest BCUT2D eigenvalue weighted by Gasteiger charge is -2.07. The van der Waals surface area contributed by atoms with E-state index < -0.39 is 0 Å². The van der Waals surface area contributed by atoms with E-state index in [9.17, 15) is 5.11 Å². The summed E-state index contributed by atoms with van der Waals surface area (Å²) in [6, 6.07) is 6.92. The number of nitrogens with one attached hydrogen (secondary N) is 2. The molecular formula is C20H33N3OS. The van der Waals surface area contributed by atoms with E-state index in [1.807, 2.05) is 6.07 Å². The van der Waals surface area contributed by atoms with E-state index >= 15 is 0 Å². The highest BCUT2D eigenvalue weighted by atomic mass is 32.1. The SMILES string of the molecule is CCCCCCCCCCCCNC(=S)N/N=C/c1cccc(O)c1. The van der Waals surface area contributed by atoms with E-state index in [0.717, 1.165) is 18.5 Å². The predicted molar refractivity (Wildman–Crippen MR) is 111 cm³/mol. The van der Waals surface area contributed by atoms with Crippen LogP contribution in [0.5, 0.6) is 5.75 Å². The smallest absolute Gasteiger partial charge is 0.186 e. The molecule has 1 rings (SSSR count). The fourth-order valence-electron chi connectivity index (χ4n) is 2.62. The Morgan fingerprint density at radius 1 is 1.04 bits per heavy atom. The molecule has 0 saturated carbocycles. The van der Waals surface area contributed by atoms with Crippen molar-refractivity contribution in [3.8, 4) is 5.75 Å². The van der Waals surface area contributed by atoms with Crippen molar-refractivity contribution < 1.29 is 5.11 Å². The molecule has 1 aromatic carbocycles. The summed E-state index contributed by atoms with van der Waals surface area (Å²) in [6.07, 6.45) is 15.0. The van der Waals surface area contributed by atoms with Crippen molar-refractivity contribution in [2.75, 3.05) is 6.54 Å². The number of hydrogen-bond acceptors (Lipinski definition) is 3. The summed E-state index contributed by atoms with van der Waals surface area (Å²) >= 11 is 5.18. The number of aromatic hydroxyl groups is 1. The van der Waals surface area contributed by atoms with Gasteiger partial charge in [0.1, 0.15) is 5.75 Å². The minimum absolute atomic E-state index is 0.227. The van der Waals surface area contributed by atoms with Crippen LogP contribution in [0, 0.1) is 0 Å². The van der Waals surface area contributed by atoms with Crippen molar-refractivity contribution in [3.63, 3.8) is 0 Å². The summed E-state index contributed by atoms with van der Waals surface area (Å²) in [5, 5.41) is 17.1. The van der Waals surface area contributed by atoms with Gasteiger partial charge in [-0.1, -0.05) is 76.8 Å². The molecule has 0 saturated heterocycles. The van der Waals surface area contributed by atoms with Crippen molar-refractivity contribution in [2.45, 2.75) is 71.1 Å². The van der Waals surface area contributed by atoms with Crippen LogP contribution in [0.4, 0.5) is 0 Å². The van der Waals surface area contributed by atoms with Crippen molar-refractivity contribution in [1.82, 2.24) is 10.7 Å². The van der Waals surface area contributed by atoms with Gasteiger partial charge in [0.15, 0.2) is 5.11 Å². The van der Waals surface area contributed by atoms with Gasteiger partial charge in [-0.2, -0.15) is 5.10 Å². The molecule has 0 aliphatic rings. The lowest BCUT2D eigenvalue weighted by Crippen LogP contribution is -2.32. The van der Waals surface area contributed by atoms with Crippen LogP contribution >= 0.6 is 12.2 Å². The molecular weight excluding hydrogens is 330 g/mol. The standard InChI is InChI=1S/C20H33N3OS/c1-2-3-4-5-6-7-8-9-10-11-15-21-20(25)23-22-17-18-13-12-14-19(24)16-18/h12-14,16-17,24H,2-11,15H2,1H3,(H2,21,23,25)/b22-17+. The van der Waals surface area contributed by atoms with Gasteiger partial charge in [-0.15, -0.1) is 0 Å². The van der Waals surface area contributed by atoms with Crippen molar-refractivity contribution in [1.29, 1.82) is 0 Å². The van der Waals surface area contributed by atoms with Crippen LogP contribution in [0.25, 0.3) is 0 Å². The first kappa shape index (κ1) is 21.4. The average molecular weight is 364 g/mol. The Balaban J connectivity index is 1.93. The molecule has 0 heterocycles. The monoisotopic (exact) mass is 363 g/mol. The fraction of sp³-hybridized carbons (Fsp3) is 0.600. The van der Waals surface area contributed by atoms with E-state index in [0.29, 0.717) is 5.11 Å². The number of nitrogens with zero attached hydrogens (tertiary/aromatic N) is 1. The van der Waals surface area contributed by atoms with E-state index in [1.165, 1.54) is 57.8 Å². The Hall–Kier alpha value is -1.62. The first-order valence-corrected chi connectivity index (χ1v) is 9.99. The third-order valence-electron chi connectivity index (χ3n) is 4.07. The molecule has 0 atom stereocenters. The van der Waals surface area contributed by atoms with Crippen LogP contribution in [0.15, 0.2) is 29.4 Å². The molecule has 0 unspecified atom stereocenters. The van der Waals surface area contributed by atoms with Crippen molar-refractivity contribution in [2.24, 2.45) is 5.10 Å². The van der Waals surface area contributed by atoms with Gasteiger partial charge in [0.05, 0.1) is 6.21 Å². The first-order valence-electron chi connectivity index (χ1n) is 9.58. The predicted octanol–water partition coefficient (Wildman–Crippen LogP) is 5.11. The molecule has 25 heavy (non-hydrogen) atoms. The summed E-state index contributed by atoms with van der Waals surface area (Å²) in [5.41, 5.74) is 3.62. The van der Waals surface area contributed by atoms with Crippen LogP contribution in [0.1, 0.15) is 76.7 Å². The number of hydrazone groups is 1. The number of hydrogen-bond donors (Lipinski definition) is 3. The molecule has 4 nitrogen and oxygen atoms in total. The zero-order valence-corrected chi connectivity index (χ0v) is 16.3. The number of rotatable bonds is 13. The average Bonchev–Trinajstić information content (AvgIpc) is 2.60. The Morgan fingerprint density at radius 2 is 1.68 bits per heavy atom. The third-order valence-corrected chi connectivity index (χ3v) is 4.30. The van der Waals surface area contributed by atoms with Gasteiger partial charge in [0.2, 0.25) is 0 Å². The Labute approximate surface area is 158 Å². The molecule has 0 fully saturated rings. The van der Waals surface area contributed by atoms with Crippen molar-refractivity contribution >= 4 is 23.5 Å². The quantitative estimate of drug-likeness (QED) is 0.197. The summed E-state index contributed by atoms with van der Waals surface area (Å²) in [5.74, 6) is 0.227. The second kappa shape index (κ2) is 14.7. The highest BCUT2D eigenvalue weighted by Gasteiger charge is 1.95. The second-order valence-corrected chi connectivity index (χ2v) is 6.81. The maximum absolute atomic E-state index is 9.37. The Kier molecular flexibility index (Phi) is 12.6. The zero-order chi connectivity index (χ0) is 18.2. The van der Waals surface area contributed by atoms with Gasteiger partial charge in [-0.3, -0.25) is 5.43 Å². The Morgan fingerprint density at radius 3 is 2.32 bits per heavy atom. The second-order valence-electron chi connectivity index (χ2n) is 6.40. The van der Waals surface area contributed by atoms with Gasteiger partial charge >= 0.3 is 0 Å². The molecule has 0 bridgehead atoms. The molecule has 3 N–H and O–H groups in total. The normalized spacial score (nSPS) is 10.9. The molecule has 0 aliphatic carbocycles. The molecule has 5 heteroatoms. The first-order chi connectivity index (χ1) is 12.2. The molecule has 0 amide bonds. The Bertz CT molecular complexity index is 505. The highest BCUT2D eigenvalue weighted by Crippen LogP contribution is 2.10. The van der Waals surface area contributed by atoms with Crippen LogP contribution in [-0.2, 0) is 0 Å². The molecule has 140 valence electrons. The lowest BCUT2D eigenvalue weighted by molar-refractivity contribution is 0.475. The maximum Gasteiger partial charge on any atom is 0.186 e. The summed E-state index contributed by atoms with van der Waals surface area (Å²) < 4.78 is 0. The van der Waals surface area contributed by atoms with E-state index in [4.69, 9.17) is 12.2 Å². The fourth-order valence-corrected chi connectivity index (χ4v) is 2.78.